The van der Waals surface area contributed by atoms with Crippen LogP contribution in [0, 0.1) is 13.8 Å². The molecule has 1 amide bonds. The number of thiophene rings is 1. The number of hydrogen-bond acceptors (Lipinski definition) is 3. The Balaban J connectivity index is 1.57. The molecule has 2 aromatic heterocycles. The summed E-state index contributed by atoms with van der Waals surface area (Å²) in [5.74, 6) is 0.000454. The van der Waals surface area contributed by atoms with Gasteiger partial charge in [0.25, 0.3) is 5.91 Å². The zero-order valence-electron chi connectivity index (χ0n) is 15.8. The summed E-state index contributed by atoms with van der Waals surface area (Å²) >= 11 is 1.66. The molecule has 0 saturated carbocycles. The van der Waals surface area contributed by atoms with Gasteiger partial charge in [0.05, 0.1) is 5.56 Å². The number of nitrogens with zero attached hydrogens (tertiary/aromatic N) is 1. The molecular formula is C23H21N3OS. The summed E-state index contributed by atoms with van der Waals surface area (Å²) in [7, 11) is 0. The second-order valence-corrected chi connectivity index (χ2v) is 8.48. The molecule has 4 nitrogen and oxygen atoms in total. The molecular weight excluding hydrogens is 366 g/mol. The quantitative estimate of drug-likeness (QED) is 0.506. The highest BCUT2D eigenvalue weighted by molar-refractivity contribution is 7.16. The lowest BCUT2D eigenvalue weighted by Gasteiger charge is -2.26. The maximum absolute atomic E-state index is 12.8. The first-order chi connectivity index (χ1) is 13.6. The van der Waals surface area contributed by atoms with Crippen LogP contribution < -0.4 is 10.6 Å². The molecule has 2 N–H and O–H groups in total. The van der Waals surface area contributed by atoms with Gasteiger partial charge in [0.2, 0.25) is 0 Å². The van der Waals surface area contributed by atoms with Crippen LogP contribution in [0.4, 0.5) is 5.00 Å². The highest BCUT2D eigenvalue weighted by atomic mass is 32.1. The fraction of sp³-hybridized carbons (Fsp3) is 0.174. The molecule has 0 unspecified atom stereocenters. The van der Waals surface area contributed by atoms with Crippen molar-refractivity contribution in [1.29, 1.82) is 0 Å². The van der Waals surface area contributed by atoms with E-state index >= 15 is 0 Å². The fourth-order valence-electron chi connectivity index (χ4n) is 3.94. The van der Waals surface area contributed by atoms with E-state index in [1.807, 2.05) is 19.1 Å². The number of anilines is 1. The number of benzene rings is 2. The Hall–Kier alpha value is -3.05. The minimum absolute atomic E-state index is 0.000454. The molecule has 28 heavy (non-hydrogen) atoms. The summed E-state index contributed by atoms with van der Waals surface area (Å²) in [5.41, 5.74) is 5.36. The van der Waals surface area contributed by atoms with Crippen LogP contribution in [0.15, 0.2) is 60.8 Å². The third-order valence-corrected chi connectivity index (χ3v) is 6.63. The predicted molar refractivity (Wildman–Crippen MR) is 115 cm³/mol. The molecule has 2 aromatic carbocycles. The van der Waals surface area contributed by atoms with Crippen molar-refractivity contribution in [2.75, 3.05) is 5.32 Å². The lowest BCUT2D eigenvalue weighted by Crippen LogP contribution is -2.38. The Kier molecular flexibility index (Phi) is 3.98. The predicted octanol–water partition coefficient (Wildman–Crippen LogP) is 5.22. The Bertz CT molecular complexity index is 1190. The van der Waals surface area contributed by atoms with Crippen molar-refractivity contribution in [2.45, 2.75) is 26.6 Å². The molecule has 0 aliphatic carbocycles. The number of carbonyl (C=O) groups is 1. The van der Waals surface area contributed by atoms with Crippen LogP contribution in [0.2, 0.25) is 0 Å². The van der Waals surface area contributed by atoms with Crippen molar-refractivity contribution in [2.24, 2.45) is 0 Å². The molecule has 1 aliphatic rings. The van der Waals surface area contributed by atoms with E-state index in [1.54, 1.807) is 11.3 Å². The number of para-hydroxylation sites is 1. The minimum Gasteiger partial charge on any atom is -0.353 e. The first-order valence-corrected chi connectivity index (χ1v) is 10.2. The number of fused-ring (bicyclic) bond motifs is 2. The average molecular weight is 388 g/mol. The standard InChI is InChI=1S/C23H21N3OS/c1-14-15(2)28-23-20(14)22(27)24-21(25-23)18-13-26(12-16-8-4-3-5-9-16)19-11-7-6-10-17(18)19/h3-11,13,21,25H,12H2,1-2H3,(H,24,27)/t21-/m1/s1. The Morgan fingerprint density at radius 1 is 1.00 bits per heavy atom. The number of aryl methyl sites for hydroxylation is 1. The van der Waals surface area contributed by atoms with E-state index in [4.69, 9.17) is 0 Å². The number of nitrogens with one attached hydrogen (secondary N) is 2. The molecule has 0 saturated heterocycles. The van der Waals surface area contributed by atoms with Crippen LogP contribution in [0.3, 0.4) is 0 Å². The van der Waals surface area contributed by atoms with Crippen LogP contribution in [-0.4, -0.2) is 10.5 Å². The van der Waals surface area contributed by atoms with Gasteiger partial charge < -0.3 is 15.2 Å². The van der Waals surface area contributed by atoms with Crippen LogP contribution >= 0.6 is 11.3 Å². The summed E-state index contributed by atoms with van der Waals surface area (Å²) in [5, 5.41) is 8.82. The SMILES string of the molecule is Cc1sc2c(c1C)C(=O)N[C@@H](c1cn(Cc3ccccc3)c3ccccc13)N2. The zero-order chi connectivity index (χ0) is 19.3. The molecule has 5 heteroatoms. The van der Waals surface area contributed by atoms with E-state index in [-0.39, 0.29) is 12.1 Å². The smallest absolute Gasteiger partial charge is 0.256 e. The Labute approximate surface area is 167 Å². The highest BCUT2D eigenvalue weighted by Crippen LogP contribution is 2.38. The summed E-state index contributed by atoms with van der Waals surface area (Å²) in [6.07, 6.45) is 1.92. The maximum Gasteiger partial charge on any atom is 0.256 e. The van der Waals surface area contributed by atoms with E-state index in [0.717, 1.165) is 33.6 Å². The highest BCUT2D eigenvalue weighted by Gasteiger charge is 2.30. The number of rotatable bonds is 3. The lowest BCUT2D eigenvalue weighted by atomic mass is 10.1. The van der Waals surface area contributed by atoms with Gasteiger partial charge in [0.1, 0.15) is 11.2 Å². The summed E-state index contributed by atoms with van der Waals surface area (Å²) in [6, 6.07) is 18.8. The third kappa shape index (κ3) is 2.70. The van der Waals surface area contributed by atoms with Gasteiger partial charge in [-0.15, -0.1) is 11.3 Å². The van der Waals surface area contributed by atoms with Crippen molar-refractivity contribution < 1.29 is 4.79 Å². The molecule has 3 heterocycles. The van der Waals surface area contributed by atoms with E-state index in [2.05, 4.69) is 70.8 Å². The molecule has 0 spiro atoms. The fourth-order valence-corrected chi connectivity index (χ4v) is 5.03. The van der Waals surface area contributed by atoms with Crippen LogP contribution in [-0.2, 0) is 6.54 Å². The van der Waals surface area contributed by atoms with Gasteiger partial charge in [-0.25, -0.2) is 0 Å². The van der Waals surface area contributed by atoms with Crippen molar-refractivity contribution in [3.05, 3.63) is 87.9 Å². The Morgan fingerprint density at radius 2 is 1.75 bits per heavy atom. The van der Waals surface area contributed by atoms with E-state index in [9.17, 15) is 4.79 Å². The molecule has 1 atom stereocenters. The first-order valence-electron chi connectivity index (χ1n) is 9.41. The second-order valence-electron chi connectivity index (χ2n) is 7.25. The van der Waals surface area contributed by atoms with Crippen LogP contribution in [0.5, 0.6) is 0 Å². The van der Waals surface area contributed by atoms with E-state index < -0.39 is 0 Å². The lowest BCUT2D eigenvalue weighted by molar-refractivity contribution is 0.0936. The average Bonchev–Trinajstić information content (AvgIpc) is 3.20. The number of aromatic nitrogens is 1. The van der Waals surface area contributed by atoms with Crippen molar-refractivity contribution in [3.8, 4) is 0 Å². The van der Waals surface area contributed by atoms with E-state index in [0.29, 0.717) is 0 Å². The zero-order valence-corrected chi connectivity index (χ0v) is 16.6. The van der Waals surface area contributed by atoms with Gasteiger partial charge >= 0.3 is 0 Å². The summed E-state index contributed by atoms with van der Waals surface area (Å²) < 4.78 is 2.26. The molecule has 5 rings (SSSR count). The van der Waals surface area contributed by atoms with Gasteiger partial charge in [0.15, 0.2) is 0 Å². The number of hydrogen-bond donors (Lipinski definition) is 2. The topological polar surface area (TPSA) is 46.1 Å². The van der Waals surface area contributed by atoms with Gasteiger partial charge in [-0.2, -0.15) is 0 Å². The van der Waals surface area contributed by atoms with Gasteiger partial charge in [0, 0.05) is 34.1 Å². The van der Waals surface area contributed by atoms with Gasteiger partial charge in [-0.05, 0) is 31.0 Å². The molecule has 0 bridgehead atoms. The molecule has 0 fully saturated rings. The molecule has 1 aliphatic heterocycles. The second kappa shape index (κ2) is 6.53. The maximum atomic E-state index is 12.8. The summed E-state index contributed by atoms with van der Waals surface area (Å²) in [6.45, 7) is 4.87. The first kappa shape index (κ1) is 17.1. The number of amides is 1. The summed E-state index contributed by atoms with van der Waals surface area (Å²) in [4.78, 5) is 14.0. The van der Waals surface area contributed by atoms with Crippen molar-refractivity contribution in [1.82, 2.24) is 9.88 Å². The minimum atomic E-state index is -0.237. The largest absolute Gasteiger partial charge is 0.353 e. The van der Waals surface area contributed by atoms with Gasteiger partial charge in [-0.1, -0.05) is 48.5 Å². The molecule has 4 aromatic rings. The normalized spacial score (nSPS) is 15.9. The van der Waals surface area contributed by atoms with Gasteiger partial charge in [-0.3, -0.25) is 4.79 Å². The van der Waals surface area contributed by atoms with Crippen molar-refractivity contribution in [3.63, 3.8) is 0 Å². The van der Waals surface area contributed by atoms with Crippen molar-refractivity contribution >= 4 is 33.1 Å². The third-order valence-electron chi connectivity index (χ3n) is 5.49. The molecule has 140 valence electrons. The molecule has 0 radical (unpaired) electrons. The van der Waals surface area contributed by atoms with E-state index in [1.165, 1.54) is 16.0 Å². The van der Waals surface area contributed by atoms with Crippen LogP contribution in [0.25, 0.3) is 10.9 Å². The van der Waals surface area contributed by atoms with Crippen LogP contribution in [0.1, 0.15) is 38.1 Å². The number of carbonyl (C=O) groups excluding carboxylic acids is 1. The Morgan fingerprint density at radius 3 is 2.57 bits per heavy atom. The monoisotopic (exact) mass is 387 g/mol.